The minimum Gasteiger partial charge on any atom is -0.490 e. The van der Waals surface area contributed by atoms with Gasteiger partial charge in [-0.15, -0.1) is 0 Å². The molecule has 0 amide bonds. The van der Waals surface area contributed by atoms with Gasteiger partial charge in [-0.25, -0.2) is 13.2 Å². The minimum absolute atomic E-state index is 0.0571. The van der Waals surface area contributed by atoms with Crippen LogP contribution in [0.2, 0.25) is 0 Å². The Labute approximate surface area is 235 Å². The quantitative estimate of drug-likeness (QED) is 0.154. The fraction of sp³-hybridized carbons (Fsp3) is 0.471. The molecule has 0 N–H and O–H groups in total. The number of halogens is 4. The molecule has 6 heteroatoms. The molecule has 0 aliphatic heterocycles. The van der Waals surface area contributed by atoms with Crippen LogP contribution in [0.3, 0.4) is 0 Å². The summed E-state index contributed by atoms with van der Waals surface area (Å²) in [6.07, 6.45) is 10.3. The Morgan fingerprint density at radius 2 is 1.38 bits per heavy atom. The maximum atomic E-state index is 15.0. The summed E-state index contributed by atoms with van der Waals surface area (Å²) < 4.78 is 70.3. The Morgan fingerprint density at radius 3 is 2.10 bits per heavy atom. The van der Waals surface area contributed by atoms with Gasteiger partial charge in [0.2, 0.25) is 5.82 Å². The Morgan fingerprint density at radius 1 is 0.675 bits per heavy atom. The molecule has 0 unspecified atom stereocenters. The van der Waals surface area contributed by atoms with E-state index in [4.69, 9.17) is 9.47 Å². The van der Waals surface area contributed by atoms with Crippen molar-refractivity contribution >= 4 is 0 Å². The van der Waals surface area contributed by atoms with Gasteiger partial charge in [0.15, 0.2) is 23.2 Å². The number of hydrogen-bond acceptors (Lipinski definition) is 2. The van der Waals surface area contributed by atoms with Crippen molar-refractivity contribution < 1.29 is 27.0 Å². The predicted molar refractivity (Wildman–Crippen MR) is 152 cm³/mol. The summed E-state index contributed by atoms with van der Waals surface area (Å²) in [5.74, 6) is -2.64. The van der Waals surface area contributed by atoms with Gasteiger partial charge in [-0.1, -0.05) is 83.1 Å². The van der Waals surface area contributed by atoms with Gasteiger partial charge in [0, 0.05) is 11.1 Å². The number of rotatable bonds is 13. The number of unbranched alkanes of at least 4 members (excludes halogenated alkanes) is 5. The third-order valence-corrected chi connectivity index (χ3v) is 8.01. The molecule has 2 nitrogen and oxygen atoms in total. The highest BCUT2D eigenvalue weighted by Crippen LogP contribution is 2.39. The standard InChI is InChI=1S/C34H40F4O2/c1-3-4-5-6-7-8-21-39-30-20-15-26(31(35)34(30)38)22-40-27-16-13-25(14-17-27)29-19-18-28(32(36)33(29)37)24-11-9-23(2)10-12-24/h13-20,23-24H,3-12,21-22H2,1-2H3. The van der Waals surface area contributed by atoms with Crippen molar-refractivity contribution in [3.63, 3.8) is 0 Å². The third-order valence-electron chi connectivity index (χ3n) is 8.01. The molecule has 216 valence electrons. The molecule has 1 fully saturated rings. The number of ether oxygens (including phenoxy) is 2. The van der Waals surface area contributed by atoms with Gasteiger partial charge in [0.25, 0.3) is 0 Å². The average Bonchev–Trinajstić information content (AvgIpc) is 2.96. The second-order valence-corrected chi connectivity index (χ2v) is 11.1. The maximum absolute atomic E-state index is 15.0. The summed E-state index contributed by atoms with van der Waals surface area (Å²) in [5, 5.41) is 0. The molecular weight excluding hydrogens is 516 g/mol. The zero-order valence-electron chi connectivity index (χ0n) is 23.6. The van der Waals surface area contributed by atoms with Gasteiger partial charge in [-0.05, 0) is 66.5 Å². The summed E-state index contributed by atoms with van der Waals surface area (Å²) in [6, 6.07) is 12.7. The van der Waals surface area contributed by atoms with Crippen LogP contribution < -0.4 is 9.47 Å². The molecule has 0 heterocycles. The van der Waals surface area contributed by atoms with Crippen molar-refractivity contribution in [1.29, 1.82) is 0 Å². The highest BCUT2D eigenvalue weighted by Gasteiger charge is 2.25. The van der Waals surface area contributed by atoms with Gasteiger partial charge in [-0.2, -0.15) is 4.39 Å². The van der Waals surface area contributed by atoms with Crippen LogP contribution in [0, 0.1) is 29.2 Å². The van der Waals surface area contributed by atoms with Gasteiger partial charge in [0.1, 0.15) is 12.4 Å². The summed E-state index contributed by atoms with van der Waals surface area (Å²) >= 11 is 0. The molecule has 4 rings (SSSR count). The Balaban J connectivity index is 1.32. The number of hydrogen-bond donors (Lipinski definition) is 0. The van der Waals surface area contributed by atoms with Crippen molar-refractivity contribution in [2.24, 2.45) is 5.92 Å². The summed E-state index contributed by atoms with van der Waals surface area (Å²) in [6.45, 7) is 4.52. The van der Waals surface area contributed by atoms with Crippen LogP contribution in [0.5, 0.6) is 11.5 Å². The molecule has 3 aromatic rings. The van der Waals surface area contributed by atoms with Gasteiger partial charge in [0.05, 0.1) is 6.61 Å². The molecule has 0 spiro atoms. The van der Waals surface area contributed by atoms with Gasteiger partial charge in [-0.3, -0.25) is 0 Å². The topological polar surface area (TPSA) is 18.5 Å². The predicted octanol–water partition coefficient (Wildman–Crippen LogP) is 10.5. The zero-order valence-corrected chi connectivity index (χ0v) is 23.6. The fourth-order valence-corrected chi connectivity index (χ4v) is 5.42. The van der Waals surface area contributed by atoms with Crippen LogP contribution in [0.25, 0.3) is 11.1 Å². The highest BCUT2D eigenvalue weighted by atomic mass is 19.2. The first-order chi connectivity index (χ1) is 19.4. The molecule has 40 heavy (non-hydrogen) atoms. The monoisotopic (exact) mass is 556 g/mol. The first-order valence-electron chi connectivity index (χ1n) is 14.7. The van der Waals surface area contributed by atoms with Crippen molar-refractivity contribution in [3.8, 4) is 22.6 Å². The molecule has 1 aliphatic rings. The first kappa shape index (κ1) is 30.0. The lowest BCUT2D eigenvalue weighted by atomic mass is 9.79. The maximum Gasteiger partial charge on any atom is 0.201 e. The smallest absolute Gasteiger partial charge is 0.201 e. The van der Waals surface area contributed by atoms with Crippen molar-refractivity contribution in [3.05, 3.63) is 82.9 Å². The van der Waals surface area contributed by atoms with Crippen LogP contribution in [0.15, 0.2) is 48.5 Å². The Hall–Kier alpha value is -3.02. The molecule has 3 aromatic carbocycles. The summed E-state index contributed by atoms with van der Waals surface area (Å²) in [4.78, 5) is 0. The molecule has 1 saturated carbocycles. The molecule has 0 saturated heterocycles. The van der Waals surface area contributed by atoms with E-state index >= 15 is 4.39 Å². The van der Waals surface area contributed by atoms with Crippen LogP contribution in [0.1, 0.15) is 95.1 Å². The Kier molecular flexibility index (Phi) is 10.9. The van der Waals surface area contributed by atoms with E-state index in [1.54, 1.807) is 36.4 Å². The second-order valence-electron chi connectivity index (χ2n) is 11.1. The largest absolute Gasteiger partial charge is 0.490 e. The lowest BCUT2D eigenvalue weighted by molar-refractivity contribution is 0.276. The van der Waals surface area contributed by atoms with Gasteiger partial charge >= 0.3 is 0 Å². The number of benzene rings is 3. The third kappa shape index (κ3) is 7.58. The summed E-state index contributed by atoms with van der Waals surface area (Å²) in [5.41, 5.74) is 1.22. The molecule has 0 atom stereocenters. The highest BCUT2D eigenvalue weighted by molar-refractivity contribution is 5.65. The average molecular weight is 557 g/mol. The van der Waals surface area contributed by atoms with Crippen molar-refractivity contribution in [2.45, 2.75) is 90.6 Å². The van der Waals surface area contributed by atoms with E-state index < -0.39 is 23.3 Å². The minimum atomic E-state index is -1.02. The van der Waals surface area contributed by atoms with E-state index in [2.05, 4.69) is 13.8 Å². The van der Waals surface area contributed by atoms with E-state index in [9.17, 15) is 13.2 Å². The van der Waals surface area contributed by atoms with E-state index in [1.165, 1.54) is 31.4 Å². The second kappa shape index (κ2) is 14.6. The van der Waals surface area contributed by atoms with Crippen molar-refractivity contribution in [1.82, 2.24) is 0 Å². The first-order valence-corrected chi connectivity index (χ1v) is 14.7. The van der Waals surface area contributed by atoms with Crippen LogP contribution in [-0.2, 0) is 6.61 Å². The lowest BCUT2D eigenvalue weighted by Gasteiger charge is -2.27. The Bertz CT molecular complexity index is 1230. The van der Waals surface area contributed by atoms with E-state index in [1.807, 2.05) is 0 Å². The van der Waals surface area contributed by atoms with E-state index in [0.29, 0.717) is 29.4 Å². The van der Waals surface area contributed by atoms with Crippen molar-refractivity contribution in [2.75, 3.05) is 6.61 Å². The molecule has 0 bridgehead atoms. The van der Waals surface area contributed by atoms with Crippen LogP contribution in [-0.4, -0.2) is 6.61 Å². The normalized spacial score (nSPS) is 17.1. The summed E-state index contributed by atoms with van der Waals surface area (Å²) in [7, 11) is 0. The van der Waals surface area contributed by atoms with Gasteiger partial charge < -0.3 is 9.47 Å². The molecule has 1 aliphatic carbocycles. The molecule has 0 aromatic heterocycles. The zero-order chi connectivity index (χ0) is 28.5. The molecule has 0 radical (unpaired) electrons. The van der Waals surface area contributed by atoms with E-state index in [-0.39, 0.29) is 29.4 Å². The fourth-order valence-electron chi connectivity index (χ4n) is 5.42. The van der Waals surface area contributed by atoms with E-state index in [0.717, 1.165) is 44.9 Å². The van der Waals surface area contributed by atoms with Crippen LogP contribution >= 0.6 is 0 Å². The van der Waals surface area contributed by atoms with Crippen LogP contribution in [0.4, 0.5) is 17.6 Å². The molecular formula is C34H40F4O2. The lowest BCUT2D eigenvalue weighted by Crippen LogP contribution is -2.13. The SMILES string of the molecule is CCCCCCCCOc1ccc(COc2ccc(-c3ccc(C4CCC(C)CC4)c(F)c3F)cc2)c(F)c1F.